The Morgan fingerprint density at radius 3 is 2.55 bits per heavy atom. The molecule has 2 rings (SSSR count). The van der Waals surface area contributed by atoms with Gasteiger partial charge in [0.2, 0.25) is 0 Å². The van der Waals surface area contributed by atoms with E-state index in [1.165, 1.54) is 4.57 Å². The number of thiophene rings is 1. The zero-order valence-electron chi connectivity index (χ0n) is 11.3. The summed E-state index contributed by atoms with van der Waals surface area (Å²) in [4.78, 5) is 36.5. The highest BCUT2D eigenvalue weighted by Gasteiger charge is 2.18. The van der Waals surface area contributed by atoms with Crippen molar-refractivity contribution in [2.75, 3.05) is 6.67 Å². The van der Waals surface area contributed by atoms with Crippen LogP contribution in [0.3, 0.4) is 0 Å². The molecule has 5 nitrogen and oxygen atoms in total. The maximum Gasteiger partial charge on any atom is 0.332 e. The molecule has 20 heavy (non-hydrogen) atoms. The lowest BCUT2D eigenvalue weighted by Crippen LogP contribution is -2.39. The van der Waals surface area contributed by atoms with Crippen molar-refractivity contribution < 1.29 is 9.18 Å². The minimum Gasteiger partial charge on any atom is -0.297 e. The number of aromatic nitrogens is 2. The number of carbonyl (C=O) groups is 1. The van der Waals surface area contributed by atoms with Crippen molar-refractivity contribution in [2.45, 2.75) is 33.4 Å². The van der Waals surface area contributed by atoms with Crippen LogP contribution in [-0.2, 0) is 13.1 Å². The third kappa shape index (κ3) is 2.11. The second-order valence-electron chi connectivity index (χ2n) is 4.42. The Hall–Kier alpha value is -1.76. The normalized spacial score (nSPS) is 11.2. The van der Waals surface area contributed by atoms with Crippen molar-refractivity contribution in [2.24, 2.45) is 0 Å². The first-order valence-electron chi connectivity index (χ1n) is 6.34. The summed E-state index contributed by atoms with van der Waals surface area (Å²) in [5, 5.41) is 0.386. The van der Waals surface area contributed by atoms with Crippen LogP contribution in [0.25, 0.3) is 10.2 Å². The van der Waals surface area contributed by atoms with E-state index in [-0.39, 0.29) is 25.1 Å². The van der Waals surface area contributed by atoms with Crippen LogP contribution in [-0.4, -0.2) is 22.1 Å². The first-order valence-corrected chi connectivity index (χ1v) is 7.16. The molecule has 2 heterocycles. The third-order valence-corrected chi connectivity index (χ3v) is 4.51. The molecule has 0 spiro atoms. The molecule has 0 bridgehead atoms. The number of fused-ring (bicyclic) bond motifs is 1. The van der Waals surface area contributed by atoms with Gasteiger partial charge in [-0.1, -0.05) is 0 Å². The number of aldehydes is 1. The standard InChI is InChI=1S/C13H15FN2O3S/c1-3-15-11(18)10-8(2)9(7-17)20-12(10)16(13(15)19)6-4-5-14/h7H,3-6H2,1-2H3. The molecule has 2 aromatic rings. The van der Waals surface area contributed by atoms with Gasteiger partial charge in [-0.3, -0.25) is 23.1 Å². The molecule has 0 fully saturated rings. The van der Waals surface area contributed by atoms with Crippen LogP contribution < -0.4 is 11.2 Å². The summed E-state index contributed by atoms with van der Waals surface area (Å²) in [5.41, 5.74) is -0.246. The quantitative estimate of drug-likeness (QED) is 0.790. The molecular formula is C13H15FN2O3S. The highest BCUT2D eigenvalue weighted by molar-refractivity contribution is 7.20. The predicted octanol–water partition coefficient (Wildman–Crippen LogP) is 1.73. The fraction of sp³-hybridized carbons (Fsp3) is 0.462. The zero-order valence-corrected chi connectivity index (χ0v) is 12.1. The number of alkyl halides is 1. The topological polar surface area (TPSA) is 61.1 Å². The molecule has 7 heteroatoms. The second kappa shape index (κ2) is 5.70. The lowest BCUT2D eigenvalue weighted by molar-refractivity contribution is 0.112. The molecule has 0 aliphatic carbocycles. The van der Waals surface area contributed by atoms with Gasteiger partial charge in [0, 0.05) is 13.1 Å². The van der Waals surface area contributed by atoms with E-state index in [9.17, 15) is 18.8 Å². The zero-order chi connectivity index (χ0) is 14.9. The van der Waals surface area contributed by atoms with Crippen LogP contribution in [0, 0.1) is 6.92 Å². The summed E-state index contributed by atoms with van der Waals surface area (Å²) in [5.74, 6) is 0. The van der Waals surface area contributed by atoms with Gasteiger partial charge in [-0.25, -0.2) is 4.79 Å². The SMILES string of the molecule is CCn1c(=O)c2c(C)c(C=O)sc2n(CCCF)c1=O. The van der Waals surface area contributed by atoms with E-state index < -0.39 is 12.4 Å². The predicted molar refractivity (Wildman–Crippen MR) is 76.7 cm³/mol. The molecule has 0 radical (unpaired) electrons. The highest BCUT2D eigenvalue weighted by Crippen LogP contribution is 2.26. The lowest BCUT2D eigenvalue weighted by atomic mass is 10.2. The number of aryl methyl sites for hydroxylation is 2. The maximum atomic E-state index is 12.4. The monoisotopic (exact) mass is 298 g/mol. The fourth-order valence-corrected chi connectivity index (χ4v) is 3.35. The summed E-state index contributed by atoms with van der Waals surface area (Å²) in [6.07, 6.45) is 0.879. The summed E-state index contributed by atoms with van der Waals surface area (Å²) in [6.45, 7) is 3.30. The van der Waals surface area contributed by atoms with E-state index in [0.717, 1.165) is 15.9 Å². The van der Waals surface area contributed by atoms with Crippen LogP contribution in [0.4, 0.5) is 4.39 Å². The van der Waals surface area contributed by atoms with Gasteiger partial charge in [0.05, 0.1) is 16.9 Å². The Labute approximate surface area is 118 Å². The first-order chi connectivity index (χ1) is 9.56. The van der Waals surface area contributed by atoms with Gasteiger partial charge < -0.3 is 0 Å². The van der Waals surface area contributed by atoms with E-state index in [1.54, 1.807) is 13.8 Å². The van der Waals surface area contributed by atoms with Crippen LogP contribution in [0.1, 0.15) is 28.6 Å². The minimum atomic E-state index is -0.538. The average Bonchev–Trinajstić information content (AvgIpc) is 2.76. The molecule has 0 aliphatic rings. The van der Waals surface area contributed by atoms with Gasteiger partial charge in [-0.05, 0) is 25.8 Å². The van der Waals surface area contributed by atoms with Crippen LogP contribution in [0.15, 0.2) is 9.59 Å². The van der Waals surface area contributed by atoms with Gasteiger partial charge in [0.15, 0.2) is 6.29 Å². The maximum absolute atomic E-state index is 12.4. The minimum absolute atomic E-state index is 0.199. The fourth-order valence-electron chi connectivity index (χ4n) is 2.22. The van der Waals surface area contributed by atoms with Crippen molar-refractivity contribution in [3.63, 3.8) is 0 Å². The second-order valence-corrected chi connectivity index (χ2v) is 5.45. The number of halogens is 1. The molecule has 108 valence electrons. The van der Waals surface area contributed by atoms with Crippen molar-refractivity contribution in [3.05, 3.63) is 31.3 Å². The summed E-state index contributed by atoms with van der Waals surface area (Å²) < 4.78 is 14.9. The van der Waals surface area contributed by atoms with Gasteiger partial charge in [-0.2, -0.15) is 0 Å². The molecule has 0 saturated heterocycles. The van der Waals surface area contributed by atoms with Gasteiger partial charge in [-0.15, -0.1) is 11.3 Å². The molecule has 0 saturated carbocycles. The average molecular weight is 298 g/mol. The Kier molecular flexibility index (Phi) is 4.17. The van der Waals surface area contributed by atoms with E-state index in [2.05, 4.69) is 0 Å². The van der Waals surface area contributed by atoms with Gasteiger partial charge in [0.1, 0.15) is 4.83 Å². The van der Waals surface area contributed by atoms with E-state index in [1.807, 2.05) is 0 Å². The van der Waals surface area contributed by atoms with Crippen molar-refractivity contribution in [1.29, 1.82) is 0 Å². The van der Waals surface area contributed by atoms with Gasteiger partial charge in [0.25, 0.3) is 5.56 Å². The van der Waals surface area contributed by atoms with Crippen molar-refractivity contribution >= 4 is 27.8 Å². The Balaban J connectivity index is 2.92. The largest absolute Gasteiger partial charge is 0.332 e. The van der Waals surface area contributed by atoms with Gasteiger partial charge >= 0.3 is 5.69 Å². The van der Waals surface area contributed by atoms with Crippen LogP contribution >= 0.6 is 11.3 Å². The lowest BCUT2D eigenvalue weighted by Gasteiger charge is -2.09. The summed E-state index contributed by atoms with van der Waals surface area (Å²) >= 11 is 1.11. The molecule has 0 N–H and O–H groups in total. The van der Waals surface area contributed by atoms with Crippen LogP contribution in [0.2, 0.25) is 0 Å². The Morgan fingerprint density at radius 2 is 2.00 bits per heavy atom. The number of hydrogen-bond donors (Lipinski definition) is 0. The summed E-state index contributed by atoms with van der Waals surface area (Å²) in [6, 6.07) is 0. The molecule has 0 atom stereocenters. The Morgan fingerprint density at radius 1 is 1.30 bits per heavy atom. The van der Waals surface area contributed by atoms with Crippen molar-refractivity contribution in [1.82, 2.24) is 9.13 Å². The number of rotatable bonds is 5. The number of hydrogen-bond acceptors (Lipinski definition) is 4. The van der Waals surface area contributed by atoms with E-state index >= 15 is 0 Å². The highest BCUT2D eigenvalue weighted by atomic mass is 32.1. The van der Waals surface area contributed by atoms with E-state index in [0.29, 0.717) is 26.9 Å². The summed E-state index contributed by atoms with van der Waals surface area (Å²) in [7, 11) is 0. The first kappa shape index (κ1) is 14.6. The third-order valence-electron chi connectivity index (χ3n) is 3.27. The molecule has 0 amide bonds. The smallest absolute Gasteiger partial charge is 0.297 e. The number of carbonyl (C=O) groups excluding carboxylic acids is 1. The molecule has 2 aromatic heterocycles. The Bertz CT molecular complexity index is 772. The molecule has 0 unspecified atom stereocenters. The molecule has 0 aromatic carbocycles. The molecule has 0 aliphatic heterocycles. The van der Waals surface area contributed by atoms with Crippen LogP contribution in [0.5, 0.6) is 0 Å². The molecular weight excluding hydrogens is 283 g/mol. The number of nitrogens with zero attached hydrogens (tertiary/aromatic N) is 2. The van der Waals surface area contributed by atoms with E-state index in [4.69, 9.17) is 0 Å². The van der Waals surface area contributed by atoms with Crippen molar-refractivity contribution in [3.8, 4) is 0 Å².